The third kappa shape index (κ3) is 4.90. The molecule has 1 aromatic heterocycles. The molecule has 2 heterocycles. The van der Waals surface area contributed by atoms with E-state index in [1.54, 1.807) is 0 Å². The average molecular weight is 507 g/mol. The minimum absolute atomic E-state index is 0. The number of ether oxygens (including phenoxy) is 1. The van der Waals surface area contributed by atoms with Crippen LogP contribution in [0, 0.1) is 0 Å². The van der Waals surface area contributed by atoms with Crippen molar-refractivity contribution in [2.24, 2.45) is 10.7 Å². The molecule has 24 heavy (non-hydrogen) atoms. The summed E-state index contributed by atoms with van der Waals surface area (Å²) < 4.78 is 6.52. The number of rotatable bonds is 3. The third-order valence-electron chi connectivity index (χ3n) is 3.59. The first-order valence-electron chi connectivity index (χ1n) is 7.45. The molecule has 1 fully saturated rings. The SMILES string of the molecule is CC1CN(C(N)=NCc2nc(-c3ccc(Br)cc3)n[nH]2)CCO1.I. The molecule has 0 spiro atoms. The van der Waals surface area contributed by atoms with Gasteiger partial charge in [0.15, 0.2) is 11.8 Å². The van der Waals surface area contributed by atoms with Crippen LogP contribution in [0.15, 0.2) is 33.7 Å². The smallest absolute Gasteiger partial charge is 0.191 e. The monoisotopic (exact) mass is 506 g/mol. The molecule has 0 bridgehead atoms. The molecule has 130 valence electrons. The van der Waals surface area contributed by atoms with E-state index in [1.165, 1.54) is 0 Å². The zero-order valence-corrected chi connectivity index (χ0v) is 17.2. The van der Waals surface area contributed by atoms with E-state index in [0.29, 0.717) is 30.8 Å². The summed E-state index contributed by atoms with van der Waals surface area (Å²) in [6.07, 6.45) is 0.173. The second-order valence-corrected chi connectivity index (χ2v) is 6.33. The van der Waals surface area contributed by atoms with Crippen LogP contribution in [0.4, 0.5) is 0 Å². The van der Waals surface area contributed by atoms with Crippen molar-refractivity contribution in [2.45, 2.75) is 19.6 Å². The largest absolute Gasteiger partial charge is 0.375 e. The summed E-state index contributed by atoms with van der Waals surface area (Å²) >= 11 is 3.41. The Hall–Kier alpha value is -1.20. The van der Waals surface area contributed by atoms with Gasteiger partial charge in [-0.3, -0.25) is 5.10 Å². The number of H-pyrrole nitrogens is 1. The molecule has 9 heteroatoms. The first-order chi connectivity index (χ1) is 11.1. The molecule has 2 aromatic rings. The summed E-state index contributed by atoms with van der Waals surface area (Å²) in [7, 11) is 0. The Morgan fingerprint density at radius 2 is 2.21 bits per heavy atom. The van der Waals surface area contributed by atoms with E-state index in [2.05, 4.69) is 36.1 Å². The van der Waals surface area contributed by atoms with Gasteiger partial charge in [0, 0.05) is 23.1 Å². The first-order valence-corrected chi connectivity index (χ1v) is 8.25. The summed E-state index contributed by atoms with van der Waals surface area (Å²) in [6, 6.07) is 7.84. The molecule has 3 N–H and O–H groups in total. The van der Waals surface area contributed by atoms with Crippen molar-refractivity contribution in [2.75, 3.05) is 19.7 Å². The molecule has 0 saturated carbocycles. The molecule has 1 aliphatic heterocycles. The molecule has 1 unspecified atom stereocenters. The summed E-state index contributed by atoms with van der Waals surface area (Å²) in [5.74, 6) is 1.86. The van der Waals surface area contributed by atoms with Crippen molar-refractivity contribution < 1.29 is 4.74 Å². The Morgan fingerprint density at radius 1 is 1.46 bits per heavy atom. The first kappa shape index (κ1) is 19.1. The zero-order valence-electron chi connectivity index (χ0n) is 13.3. The van der Waals surface area contributed by atoms with Crippen LogP contribution in [0.5, 0.6) is 0 Å². The van der Waals surface area contributed by atoms with Crippen molar-refractivity contribution in [3.8, 4) is 11.4 Å². The van der Waals surface area contributed by atoms with E-state index >= 15 is 0 Å². The summed E-state index contributed by atoms with van der Waals surface area (Å²) in [5.41, 5.74) is 7.00. The lowest BCUT2D eigenvalue weighted by Crippen LogP contribution is -2.47. The van der Waals surface area contributed by atoms with Gasteiger partial charge in [-0.15, -0.1) is 24.0 Å². The lowest BCUT2D eigenvalue weighted by atomic mass is 10.2. The number of aliphatic imine (C=N–C) groups is 1. The van der Waals surface area contributed by atoms with Crippen LogP contribution < -0.4 is 5.73 Å². The molecular formula is C15H20BrIN6O. The van der Waals surface area contributed by atoms with E-state index in [4.69, 9.17) is 10.5 Å². The third-order valence-corrected chi connectivity index (χ3v) is 4.12. The van der Waals surface area contributed by atoms with Gasteiger partial charge in [0.25, 0.3) is 0 Å². The number of nitrogens with two attached hydrogens (primary N) is 1. The van der Waals surface area contributed by atoms with Crippen LogP contribution >= 0.6 is 39.9 Å². The molecule has 1 aromatic carbocycles. The molecule has 1 atom stereocenters. The number of nitrogens with zero attached hydrogens (tertiary/aromatic N) is 4. The van der Waals surface area contributed by atoms with Gasteiger partial charge in [-0.1, -0.05) is 28.1 Å². The van der Waals surface area contributed by atoms with Gasteiger partial charge < -0.3 is 15.4 Å². The average Bonchev–Trinajstić information content (AvgIpc) is 3.02. The van der Waals surface area contributed by atoms with Gasteiger partial charge in [0.05, 0.1) is 12.7 Å². The van der Waals surface area contributed by atoms with E-state index in [-0.39, 0.29) is 30.1 Å². The summed E-state index contributed by atoms with van der Waals surface area (Å²) in [4.78, 5) is 10.9. The Balaban J connectivity index is 0.00000208. The quantitative estimate of drug-likeness (QED) is 0.379. The zero-order chi connectivity index (χ0) is 16.2. The summed E-state index contributed by atoms with van der Waals surface area (Å²) in [6.45, 7) is 4.60. The molecule has 0 amide bonds. The Bertz CT molecular complexity index is 690. The Morgan fingerprint density at radius 3 is 2.92 bits per heavy atom. The van der Waals surface area contributed by atoms with Crippen molar-refractivity contribution >= 4 is 45.9 Å². The maximum absolute atomic E-state index is 6.05. The number of hydrogen-bond donors (Lipinski definition) is 2. The Kier molecular flexibility index (Phi) is 6.99. The lowest BCUT2D eigenvalue weighted by Gasteiger charge is -2.31. The predicted molar refractivity (Wildman–Crippen MR) is 107 cm³/mol. The highest BCUT2D eigenvalue weighted by molar-refractivity contribution is 14.0. The highest BCUT2D eigenvalue weighted by Gasteiger charge is 2.18. The Labute approximate surface area is 166 Å². The summed E-state index contributed by atoms with van der Waals surface area (Å²) in [5, 5.41) is 7.13. The second kappa shape index (κ2) is 8.77. The van der Waals surface area contributed by atoms with Crippen molar-refractivity contribution in [3.05, 3.63) is 34.6 Å². The number of halogens is 2. The van der Waals surface area contributed by atoms with Crippen LogP contribution in [0.25, 0.3) is 11.4 Å². The van der Waals surface area contributed by atoms with Gasteiger partial charge in [0.2, 0.25) is 0 Å². The van der Waals surface area contributed by atoms with Crippen LogP contribution in [-0.4, -0.2) is 51.8 Å². The molecule has 1 aliphatic rings. The number of guanidine groups is 1. The second-order valence-electron chi connectivity index (χ2n) is 5.41. The fraction of sp³-hybridized carbons (Fsp3) is 0.400. The van der Waals surface area contributed by atoms with Gasteiger partial charge in [0.1, 0.15) is 12.4 Å². The lowest BCUT2D eigenvalue weighted by molar-refractivity contribution is 0.00528. The molecule has 0 aliphatic carbocycles. The van der Waals surface area contributed by atoms with Gasteiger partial charge >= 0.3 is 0 Å². The van der Waals surface area contributed by atoms with Crippen molar-refractivity contribution in [3.63, 3.8) is 0 Å². The van der Waals surface area contributed by atoms with E-state index in [1.807, 2.05) is 36.1 Å². The standard InChI is InChI=1S/C15H19BrN6O.HI/c1-10-9-22(6-7-23-10)15(17)18-8-13-19-14(21-20-13)11-2-4-12(16)5-3-11;/h2-5,10H,6-9H2,1H3,(H2,17,18)(H,19,20,21);1H. The number of aromatic nitrogens is 3. The molecule has 7 nitrogen and oxygen atoms in total. The van der Waals surface area contributed by atoms with Crippen LogP contribution in [0.3, 0.4) is 0 Å². The van der Waals surface area contributed by atoms with E-state index in [0.717, 1.165) is 23.1 Å². The van der Waals surface area contributed by atoms with Crippen LogP contribution in [0.2, 0.25) is 0 Å². The molecule has 0 radical (unpaired) electrons. The van der Waals surface area contributed by atoms with Gasteiger partial charge in [-0.05, 0) is 19.1 Å². The number of morpholine rings is 1. The number of benzene rings is 1. The number of hydrogen-bond acceptors (Lipinski definition) is 4. The van der Waals surface area contributed by atoms with Gasteiger partial charge in [-0.25, -0.2) is 9.98 Å². The molecule has 3 rings (SSSR count). The highest BCUT2D eigenvalue weighted by Crippen LogP contribution is 2.18. The van der Waals surface area contributed by atoms with E-state index < -0.39 is 0 Å². The van der Waals surface area contributed by atoms with E-state index in [9.17, 15) is 0 Å². The molecular weight excluding hydrogens is 487 g/mol. The van der Waals surface area contributed by atoms with Gasteiger partial charge in [-0.2, -0.15) is 5.10 Å². The molecule has 1 saturated heterocycles. The maximum atomic E-state index is 6.05. The van der Waals surface area contributed by atoms with Crippen molar-refractivity contribution in [1.29, 1.82) is 0 Å². The maximum Gasteiger partial charge on any atom is 0.191 e. The topological polar surface area (TPSA) is 92.4 Å². The highest BCUT2D eigenvalue weighted by atomic mass is 127. The fourth-order valence-electron chi connectivity index (χ4n) is 2.38. The van der Waals surface area contributed by atoms with Crippen LogP contribution in [0.1, 0.15) is 12.7 Å². The minimum atomic E-state index is 0. The van der Waals surface area contributed by atoms with Crippen molar-refractivity contribution in [1.82, 2.24) is 20.1 Å². The number of aromatic amines is 1. The fourth-order valence-corrected chi connectivity index (χ4v) is 2.64. The van der Waals surface area contributed by atoms with Crippen LogP contribution in [-0.2, 0) is 11.3 Å². The predicted octanol–water partition coefficient (Wildman–Crippen LogP) is 2.39. The number of nitrogens with one attached hydrogen (secondary N) is 1. The minimum Gasteiger partial charge on any atom is -0.375 e. The normalized spacial score (nSPS) is 18.3.